The molecule has 1 aromatic carbocycles. The third kappa shape index (κ3) is 2.81. The summed E-state index contributed by atoms with van der Waals surface area (Å²) in [7, 11) is 1.89. The van der Waals surface area contributed by atoms with Crippen LogP contribution in [0.25, 0.3) is 0 Å². The Hall–Kier alpha value is -2.37. The molecule has 3 rings (SSSR count). The highest BCUT2D eigenvalue weighted by molar-refractivity contribution is 5.89. The summed E-state index contributed by atoms with van der Waals surface area (Å²) in [6.45, 7) is 0.546. The third-order valence-corrected chi connectivity index (χ3v) is 4.11. The van der Waals surface area contributed by atoms with Crippen LogP contribution >= 0.6 is 0 Å². The molecule has 22 heavy (non-hydrogen) atoms. The molecular formula is C16H18FN3O2. The van der Waals surface area contributed by atoms with E-state index < -0.39 is 11.8 Å². The topological polar surface area (TPSA) is 67.2 Å². The lowest BCUT2D eigenvalue weighted by Gasteiger charge is -2.24. The van der Waals surface area contributed by atoms with E-state index in [4.69, 9.17) is 5.11 Å². The first-order valence-corrected chi connectivity index (χ1v) is 7.33. The molecule has 5 nitrogen and oxygen atoms in total. The average Bonchev–Trinajstić information content (AvgIpc) is 2.76. The number of rotatable bonds is 5. The van der Waals surface area contributed by atoms with E-state index in [0.29, 0.717) is 18.2 Å². The van der Waals surface area contributed by atoms with E-state index in [1.54, 1.807) is 10.7 Å². The smallest absolute Gasteiger partial charge is 0.338 e. The Kier molecular flexibility index (Phi) is 3.83. The second kappa shape index (κ2) is 5.79. The molecule has 1 aromatic heterocycles. The highest BCUT2D eigenvalue weighted by atomic mass is 19.1. The van der Waals surface area contributed by atoms with Crippen LogP contribution in [-0.2, 0) is 13.6 Å². The van der Waals surface area contributed by atoms with Gasteiger partial charge in [-0.3, -0.25) is 4.68 Å². The number of hydrogen-bond acceptors (Lipinski definition) is 3. The number of carbonyl (C=O) groups is 1. The number of hydrogen-bond donors (Lipinski definition) is 2. The number of anilines is 1. The Balaban J connectivity index is 1.75. The summed E-state index contributed by atoms with van der Waals surface area (Å²) in [5.74, 6) is -1.46. The van der Waals surface area contributed by atoms with Crippen molar-refractivity contribution in [2.75, 3.05) is 5.32 Å². The van der Waals surface area contributed by atoms with Crippen molar-refractivity contribution in [2.45, 2.75) is 31.7 Å². The van der Waals surface area contributed by atoms with E-state index in [2.05, 4.69) is 10.4 Å². The molecule has 0 saturated heterocycles. The largest absolute Gasteiger partial charge is 0.478 e. The average molecular weight is 303 g/mol. The van der Waals surface area contributed by atoms with Gasteiger partial charge in [0.05, 0.1) is 11.3 Å². The Morgan fingerprint density at radius 1 is 1.50 bits per heavy atom. The molecule has 0 spiro atoms. The zero-order valence-corrected chi connectivity index (χ0v) is 12.3. The summed E-state index contributed by atoms with van der Waals surface area (Å²) in [6.07, 6.45) is 5.56. The summed E-state index contributed by atoms with van der Waals surface area (Å²) < 4.78 is 15.2. The Morgan fingerprint density at radius 3 is 2.91 bits per heavy atom. The van der Waals surface area contributed by atoms with Crippen LogP contribution in [0.4, 0.5) is 10.1 Å². The van der Waals surface area contributed by atoms with Crippen LogP contribution < -0.4 is 5.32 Å². The zero-order valence-electron chi connectivity index (χ0n) is 12.3. The molecule has 0 radical (unpaired) electrons. The first-order valence-electron chi connectivity index (χ1n) is 7.33. The minimum atomic E-state index is -1.27. The van der Waals surface area contributed by atoms with Gasteiger partial charge in [-0.1, -0.05) is 6.42 Å². The normalized spacial score (nSPS) is 14.6. The van der Waals surface area contributed by atoms with Crippen LogP contribution in [0, 0.1) is 5.82 Å². The Morgan fingerprint density at radius 2 is 2.27 bits per heavy atom. The minimum Gasteiger partial charge on any atom is -0.478 e. The molecule has 6 heteroatoms. The molecule has 0 amide bonds. The van der Waals surface area contributed by atoms with Gasteiger partial charge in [-0.25, -0.2) is 9.18 Å². The summed E-state index contributed by atoms with van der Waals surface area (Å²) in [4.78, 5) is 11.0. The fraction of sp³-hybridized carbons (Fsp3) is 0.375. The molecule has 1 aliphatic carbocycles. The molecule has 0 aliphatic heterocycles. The third-order valence-electron chi connectivity index (χ3n) is 4.11. The van der Waals surface area contributed by atoms with Gasteiger partial charge in [0.15, 0.2) is 0 Å². The number of carboxylic acids is 1. The quantitative estimate of drug-likeness (QED) is 0.890. The monoisotopic (exact) mass is 303 g/mol. The maximum Gasteiger partial charge on any atom is 0.338 e. The maximum absolute atomic E-state index is 13.4. The number of aromatic nitrogens is 2. The van der Waals surface area contributed by atoms with Crippen LogP contribution in [0.2, 0.25) is 0 Å². The number of benzene rings is 1. The number of halogens is 1. The fourth-order valence-electron chi connectivity index (χ4n) is 2.71. The van der Waals surface area contributed by atoms with Gasteiger partial charge in [0, 0.05) is 37.0 Å². The molecule has 1 fully saturated rings. The van der Waals surface area contributed by atoms with Crippen molar-refractivity contribution in [1.82, 2.24) is 9.78 Å². The SMILES string of the molecule is Cn1cc(CNc2ccc(F)c(C(=O)O)c2)c(C2CCC2)n1. The molecule has 2 N–H and O–H groups in total. The Bertz CT molecular complexity index is 707. The van der Waals surface area contributed by atoms with Gasteiger partial charge in [0.2, 0.25) is 0 Å². The van der Waals surface area contributed by atoms with Gasteiger partial charge in [-0.15, -0.1) is 0 Å². The van der Waals surface area contributed by atoms with Crippen molar-refractivity contribution in [3.05, 3.63) is 47.0 Å². The summed E-state index contributed by atoms with van der Waals surface area (Å²) in [5.41, 5.74) is 2.48. The maximum atomic E-state index is 13.4. The van der Waals surface area contributed by atoms with Crippen LogP contribution in [-0.4, -0.2) is 20.9 Å². The first-order chi connectivity index (χ1) is 10.5. The summed E-state index contributed by atoms with van der Waals surface area (Å²) in [5, 5.41) is 16.6. The molecular weight excluding hydrogens is 285 g/mol. The van der Waals surface area contributed by atoms with Crippen molar-refractivity contribution in [1.29, 1.82) is 0 Å². The molecule has 0 atom stereocenters. The second-order valence-corrected chi connectivity index (χ2v) is 5.69. The highest BCUT2D eigenvalue weighted by Gasteiger charge is 2.24. The van der Waals surface area contributed by atoms with Gasteiger partial charge >= 0.3 is 5.97 Å². The van der Waals surface area contributed by atoms with Crippen molar-refractivity contribution in [2.24, 2.45) is 7.05 Å². The highest BCUT2D eigenvalue weighted by Crippen LogP contribution is 2.37. The van der Waals surface area contributed by atoms with E-state index in [1.807, 2.05) is 13.2 Å². The zero-order chi connectivity index (χ0) is 15.7. The van der Waals surface area contributed by atoms with Gasteiger partial charge < -0.3 is 10.4 Å². The van der Waals surface area contributed by atoms with Crippen molar-refractivity contribution < 1.29 is 14.3 Å². The lowest BCUT2D eigenvalue weighted by molar-refractivity contribution is 0.0692. The van der Waals surface area contributed by atoms with E-state index in [1.165, 1.54) is 31.4 Å². The van der Waals surface area contributed by atoms with Gasteiger partial charge in [-0.2, -0.15) is 5.10 Å². The standard InChI is InChI=1S/C16H18FN3O2/c1-20-9-11(15(19-20)10-3-2-4-10)8-18-12-5-6-14(17)13(7-12)16(21)22/h5-7,9-10,18H,2-4,8H2,1H3,(H,21,22). The molecule has 1 heterocycles. The molecule has 116 valence electrons. The number of nitrogens with one attached hydrogen (secondary N) is 1. The van der Waals surface area contributed by atoms with Crippen LogP contribution in [0.15, 0.2) is 24.4 Å². The van der Waals surface area contributed by atoms with E-state index in [-0.39, 0.29) is 5.56 Å². The molecule has 0 bridgehead atoms. The van der Waals surface area contributed by atoms with E-state index >= 15 is 0 Å². The van der Waals surface area contributed by atoms with E-state index in [9.17, 15) is 9.18 Å². The number of aromatic carboxylic acids is 1. The van der Waals surface area contributed by atoms with Crippen LogP contribution in [0.1, 0.15) is 46.8 Å². The van der Waals surface area contributed by atoms with Crippen molar-refractivity contribution in [3.8, 4) is 0 Å². The summed E-state index contributed by atoms with van der Waals surface area (Å²) in [6, 6.07) is 4.03. The molecule has 1 aliphatic rings. The van der Waals surface area contributed by atoms with Gasteiger partial charge in [-0.05, 0) is 31.0 Å². The van der Waals surface area contributed by atoms with Gasteiger partial charge in [0.25, 0.3) is 0 Å². The van der Waals surface area contributed by atoms with Crippen molar-refractivity contribution >= 4 is 11.7 Å². The minimum absolute atomic E-state index is 0.324. The van der Waals surface area contributed by atoms with E-state index in [0.717, 1.165) is 11.3 Å². The van der Waals surface area contributed by atoms with Crippen LogP contribution in [0.5, 0.6) is 0 Å². The van der Waals surface area contributed by atoms with Crippen LogP contribution in [0.3, 0.4) is 0 Å². The lowest BCUT2D eigenvalue weighted by atomic mass is 9.81. The lowest BCUT2D eigenvalue weighted by Crippen LogP contribution is -2.13. The predicted octanol–water partition coefficient (Wildman–Crippen LogP) is 3.14. The first kappa shape index (κ1) is 14.6. The number of aryl methyl sites for hydroxylation is 1. The van der Waals surface area contributed by atoms with Gasteiger partial charge in [0.1, 0.15) is 5.82 Å². The molecule has 1 saturated carbocycles. The fourth-order valence-corrected chi connectivity index (χ4v) is 2.71. The second-order valence-electron chi connectivity index (χ2n) is 5.69. The summed E-state index contributed by atoms with van der Waals surface area (Å²) >= 11 is 0. The number of nitrogens with zero attached hydrogens (tertiary/aromatic N) is 2. The molecule has 2 aromatic rings. The Labute approximate surface area is 127 Å². The predicted molar refractivity (Wildman–Crippen MR) is 80.5 cm³/mol. The molecule has 0 unspecified atom stereocenters. The van der Waals surface area contributed by atoms with Crippen molar-refractivity contribution in [3.63, 3.8) is 0 Å². The number of carboxylic acid groups (broad SMARTS) is 1.